The fourth-order valence-corrected chi connectivity index (χ4v) is 2.03. The normalized spacial score (nSPS) is 10.9. The first-order valence-electron chi connectivity index (χ1n) is 7.14. The van der Waals surface area contributed by atoms with Crippen LogP contribution in [0.1, 0.15) is 26.0 Å². The lowest BCUT2D eigenvalue weighted by Gasteiger charge is -2.08. The van der Waals surface area contributed by atoms with Gasteiger partial charge in [-0.15, -0.1) is 0 Å². The van der Waals surface area contributed by atoms with Crippen LogP contribution in [0.5, 0.6) is 0 Å². The van der Waals surface area contributed by atoms with Crippen LogP contribution >= 0.6 is 0 Å². The second-order valence-electron chi connectivity index (χ2n) is 4.66. The molecule has 0 bridgehead atoms. The Morgan fingerprint density at radius 3 is 2.85 bits per heavy atom. The van der Waals surface area contributed by atoms with E-state index < -0.39 is 0 Å². The molecule has 0 unspecified atom stereocenters. The first-order valence-corrected chi connectivity index (χ1v) is 7.14. The number of nitrogens with zero attached hydrogens (tertiary/aromatic N) is 4. The number of hydrogen-bond donors (Lipinski definition) is 1. The molecular formula is C14H23N5O. The number of rotatable bonds is 8. The molecule has 1 N–H and O–H groups in total. The van der Waals surface area contributed by atoms with Crippen LogP contribution in [0.4, 0.5) is 11.6 Å². The van der Waals surface area contributed by atoms with Crippen LogP contribution in [0, 0.1) is 6.92 Å². The van der Waals surface area contributed by atoms with Gasteiger partial charge in [0.05, 0.1) is 17.6 Å². The zero-order chi connectivity index (χ0) is 14.4. The Hall–Kier alpha value is -1.82. The number of ether oxygens (including phenoxy) is 1. The van der Waals surface area contributed by atoms with E-state index in [1.807, 2.05) is 30.9 Å². The van der Waals surface area contributed by atoms with Crippen LogP contribution in [0.25, 0.3) is 0 Å². The summed E-state index contributed by atoms with van der Waals surface area (Å²) < 4.78 is 9.38. The molecule has 20 heavy (non-hydrogen) atoms. The summed E-state index contributed by atoms with van der Waals surface area (Å²) in [7, 11) is 0. The lowest BCUT2D eigenvalue weighted by molar-refractivity contribution is 0.142. The van der Waals surface area contributed by atoms with Gasteiger partial charge in [0, 0.05) is 38.7 Å². The molecule has 2 aromatic rings. The van der Waals surface area contributed by atoms with Gasteiger partial charge in [-0.1, -0.05) is 0 Å². The highest BCUT2D eigenvalue weighted by atomic mass is 16.5. The summed E-state index contributed by atoms with van der Waals surface area (Å²) >= 11 is 0. The maximum Gasteiger partial charge on any atom is 0.207 e. The Labute approximate surface area is 119 Å². The zero-order valence-corrected chi connectivity index (χ0v) is 12.5. The number of imidazole rings is 1. The van der Waals surface area contributed by atoms with Crippen LogP contribution < -0.4 is 5.32 Å². The topological polar surface area (TPSA) is 56.9 Å². The largest absolute Gasteiger partial charge is 0.382 e. The van der Waals surface area contributed by atoms with Gasteiger partial charge in [-0.3, -0.25) is 4.68 Å². The number of anilines is 2. The van der Waals surface area contributed by atoms with Crippen molar-refractivity contribution in [2.45, 2.75) is 40.3 Å². The van der Waals surface area contributed by atoms with Crippen LogP contribution in [0.2, 0.25) is 0 Å². The van der Waals surface area contributed by atoms with E-state index >= 15 is 0 Å². The van der Waals surface area contributed by atoms with Gasteiger partial charge in [-0.25, -0.2) is 4.98 Å². The minimum Gasteiger partial charge on any atom is -0.382 e. The summed E-state index contributed by atoms with van der Waals surface area (Å²) in [5.74, 6) is 0.856. The summed E-state index contributed by atoms with van der Waals surface area (Å²) in [6.45, 7) is 9.38. The van der Waals surface area contributed by atoms with E-state index in [1.165, 1.54) is 0 Å². The van der Waals surface area contributed by atoms with Crippen molar-refractivity contribution in [1.82, 2.24) is 19.3 Å². The maximum atomic E-state index is 5.37. The van der Waals surface area contributed by atoms with Crippen LogP contribution in [-0.2, 0) is 17.8 Å². The minimum atomic E-state index is 0.768. The molecule has 6 nitrogen and oxygen atoms in total. The highest BCUT2D eigenvalue weighted by molar-refractivity contribution is 5.51. The van der Waals surface area contributed by atoms with Gasteiger partial charge in [0.25, 0.3) is 0 Å². The molecule has 0 atom stereocenters. The van der Waals surface area contributed by atoms with Crippen LogP contribution in [0.15, 0.2) is 18.6 Å². The van der Waals surface area contributed by atoms with Crippen molar-refractivity contribution >= 4 is 11.6 Å². The van der Waals surface area contributed by atoms with E-state index in [4.69, 9.17) is 4.74 Å². The van der Waals surface area contributed by atoms with Crippen LogP contribution in [-0.4, -0.2) is 32.5 Å². The van der Waals surface area contributed by atoms with Crippen molar-refractivity contribution in [3.05, 3.63) is 24.3 Å². The van der Waals surface area contributed by atoms with Gasteiger partial charge in [0.15, 0.2) is 0 Å². The predicted octanol–water partition coefficient (Wildman–Crippen LogP) is 2.58. The Bertz CT molecular complexity index is 531. The molecule has 0 fully saturated rings. The van der Waals surface area contributed by atoms with E-state index in [2.05, 4.69) is 33.1 Å². The number of aromatic nitrogens is 4. The van der Waals surface area contributed by atoms with Crippen molar-refractivity contribution in [1.29, 1.82) is 0 Å². The van der Waals surface area contributed by atoms with E-state index in [9.17, 15) is 0 Å². The molecular weight excluding hydrogens is 254 g/mol. The average molecular weight is 277 g/mol. The summed E-state index contributed by atoms with van der Waals surface area (Å²) in [4.78, 5) is 4.51. The van der Waals surface area contributed by atoms with E-state index in [0.717, 1.165) is 50.1 Å². The van der Waals surface area contributed by atoms with E-state index in [1.54, 1.807) is 0 Å². The number of hydrogen-bond acceptors (Lipinski definition) is 4. The number of nitrogens with one attached hydrogen (secondary N) is 1. The van der Waals surface area contributed by atoms with Crippen LogP contribution in [0.3, 0.4) is 0 Å². The Balaban J connectivity index is 1.99. The van der Waals surface area contributed by atoms with Crippen molar-refractivity contribution in [2.75, 3.05) is 18.5 Å². The maximum absolute atomic E-state index is 5.37. The quantitative estimate of drug-likeness (QED) is 0.753. The minimum absolute atomic E-state index is 0.768. The molecule has 6 heteroatoms. The molecule has 0 saturated carbocycles. The monoisotopic (exact) mass is 277 g/mol. The zero-order valence-electron chi connectivity index (χ0n) is 12.5. The van der Waals surface area contributed by atoms with Gasteiger partial charge in [0.2, 0.25) is 5.95 Å². The standard InChI is InChI=1S/C14H23N5O/c1-4-19-11-13(9-15-19)17-14-16-12(3)10-18(14)7-6-8-20-5-2/h9-11H,4-8H2,1-3H3,(H,16,17). The predicted molar refractivity (Wildman–Crippen MR) is 79.3 cm³/mol. The van der Waals surface area contributed by atoms with Gasteiger partial charge in [-0.2, -0.15) is 5.10 Å². The van der Waals surface area contributed by atoms with Crippen molar-refractivity contribution < 1.29 is 4.74 Å². The molecule has 0 amide bonds. The van der Waals surface area contributed by atoms with Crippen molar-refractivity contribution in [3.8, 4) is 0 Å². The molecule has 0 aliphatic rings. The van der Waals surface area contributed by atoms with Crippen molar-refractivity contribution in [3.63, 3.8) is 0 Å². The lowest BCUT2D eigenvalue weighted by Crippen LogP contribution is -2.05. The first-order chi connectivity index (χ1) is 9.72. The summed E-state index contributed by atoms with van der Waals surface area (Å²) in [6.07, 6.45) is 6.83. The fraction of sp³-hybridized carbons (Fsp3) is 0.571. The smallest absolute Gasteiger partial charge is 0.207 e. The number of aryl methyl sites for hydroxylation is 3. The lowest BCUT2D eigenvalue weighted by atomic mass is 10.4. The molecule has 110 valence electrons. The van der Waals surface area contributed by atoms with E-state index in [-0.39, 0.29) is 0 Å². The van der Waals surface area contributed by atoms with Gasteiger partial charge >= 0.3 is 0 Å². The molecule has 0 spiro atoms. The molecule has 2 heterocycles. The Morgan fingerprint density at radius 2 is 2.15 bits per heavy atom. The van der Waals surface area contributed by atoms with Gasteiger partial charge < -0.3 is 14.6 Å². The Morgan fingerprint density at radius 1 is 1.30 bits per heavy atom. The van der Waals surface area contributed by atoms with Crippen molar-refractivity contribution in [2.24, 2.45) is 0 Å². The molecule has 2 rings (SSSR count). The molecule has 0 aliphatic carbocycles. The Kier molecular flexibility index (Phi) is 5.17. The van der Waals surface area contributed by atoms with Gasteiger partial charge in [0.1, 0.15) is 0 Å². The first kappa shape index (κ1) is 14.6. The summed E-state index contributed by atoms with van der Waals surface area (Å²) in [6, 6.07) is 0. The third kappa shape index (κ3) is 3.84. The summed E-state index contributed by atoms with van der Waals surface area (Å²) in [5.41, 5.74) is 1.97. The SMILES string of the molecule is CCOCCCn1cc(C)nc1Nc1cnn(CC)c1. The second kappa shape index (κ2) is 7.09. The third-order valence-corrected chi connectivity index (χ3v) is 3.00. The average Bonchev–Trinajstić information content (AvgIpc) is 3.02. The van der Waals surface area contributed by atoms with Gasteiger partial charge in [-0.05, 0) is 27.2 Å². The molecule has 0 radical (unpaired) electrons. The highest BCUT2D eigenvalue weighted by Gasteiger charge is 2.07. The molecule has 0 aromatic carbocycles. The molecule has 2 aromatic heterocycles. The molecule has 0 aliphatic heterocycles. The van der Waals surface area contributed by atoms with E-state index in [0.29, 0.717) is 0 Å². The molecule has 0 saturated heterocycles. The third-order valence-electron chi connectivity index (χ3n) is 3.00. The highest BCUT2D eigenvalue weighted by Crippen LogP contribution is 2.16. The fourth-order valence-electron chi connectivity index (χ4n) is 2.03. The summed E-state index contributed by atoms with van der Waals surface area (Å²) in [5, 5.41) is 7.57. The second-order valence-corrected chi connectivity index (χ2v) is 4.66.